The Morgan fingerprint density at radius 1 is 1.07 bits per heavy atom. The summed E-state index contributed by atoms with van der Waals surface area (Å²) in [6.07, 6.45) is 3.17. The number of rotatable bonds is 5. The number of likely N-dealkylation sites (tertiary alicyclic amines) is 1. The van der Waals surface area contributed by atoms with Crippen molar-refractivity contribution in [1.29, 1.82) is 0 Å². The Balaban J connectivity index is 1.26. The lowest BCUT2D eigenvalue weighted by molar-refractivity contribution is -0.0732. The van der Waals surface area contributed by atoms with Crippen LogP contribution < -0.4 is 0 Å². The fourth-order valence-corrected chi connectivity index (χ4v) is 4.54. The Hall–Kier alpha value is -1.76. The second-order valence-corrected chi connectivity index (χ2v) is 8.58. The summed E-state index contributed by atoms with van der Waals surface area (Å²) in [6.45, 7) is 12.7. The lowest BCUT2D eigenvalue weighted by Gasteiger charge is -2.39. The van der Waals surface area contributed by atoms with Gasteiger partial charge in [-0.15, -0.1) is 0 Å². The van der Waals surface area contributed by atoms with Gasteiger partial charge in [0.25, 0.3) is 0 Å². The molecular weight excluding hydrogens is 352 g/mol. The van der Waals surface area contributed by atoms with Gasteiger partial charge in [0.1, 0.15) is 0 Å². The predicted octanol–water partition coefficient (Wildman–Crippen LogP) is 3.37. The fourth-order valence-electron chi connectivity index (χ4n) is 4.54. The molecule has 1 aromatic carbocycles. The van der Waals surface area contributed by atoms with Crippen LogP contribution in [0.5, 0.6) is 0 Å². The highest BCUT2D eigenvalue weighted by Crippen LogP contribution is 2.23. The summed E-state index contributed by atoms with van der Waals surface area (Å²) in [7, 11) is 0. The van der Waals surface area contributed by atoms with Gasteiger partial charge < -0.3 is 9.26 Å². The van der Waals surface area contributed by atoms with Crippen molar-refractivity contribution in [2.45, 2.75) is 52.4 Å². The highest BCUT2D eigenvalue weighted by Gasteiger charge is 2.27. The summed E-state index contributed by atoms with van der Waals surface area (Å²) < 4.78 is 11.4. The third kappa shape index (κ3) is 4.99. The summed E-state index contributed by atoms with van der Waals surface area (Å²) in [5, 5.41) is 4.17. The molecule has 6 heteroatoms. The SMILES string of the molecule is Cc1cccc(-c2noc(CN3CCC(CN4C[C@@H](C)O[C@H](C)C4)CC3)n2)c1. The van der Waals surface area contributed by atoms with Crippen LogP contribution in [0, 0.1) is 12.8 Å². The quantitative estimate of drug-likeness (QED) is 0.788. The summed E-state index contributed by atoms with van der Waals surface area (Å²) >= 11 is 0. The van der Waals surface area contributed by atoms with Crippen LogP contribution in [0.4, 0.5) is 0 Å². The average Bonchev–Trinajstić information content (AvgIpc) is 3.11. The standard InChI is InChI=1S/C22H32N4O2/c1-16-5-4-6-20(11-16)22-23-21(28-24-22)15-25-9-7-19(8-10-25)14-26-12-17(2)27-18(3)13-26/h4-6,11,17-19H,7-10,12-15H2,1-3H3/t17-,18-/m1/s1. The van der Waals surface area contributed by atoms with Gasteiger partial charge in [-0.05, 0) is 58.7 Å². The minimum absolute atomic E-state index is 0.351. The van der Waals surface area contributed by atoms with Crippen molar-refractivity contribution in [3.63, 3.8) is 0 Å². The topological polar surface area (TPSA) is 54.6 Å². The first-order valence-electron chi connectivity index (χ1n) is 10.5. The molecule has 0 bridgehead atoms. The molecule has 2 aliphatic heterocycles. The number of benzene rings is 1. The molecule has 152 valence electrons. The predicted molar refractivity (Wildman–Crippen MR) is 109 cm³/mol. The van der Waals surface area contributed by atoms with Crippen molar-refractivity contribution in [2.75, 3.05) is 32.7 Å². The Labute approximate surface area is 167 Å². The van der Waals surface area contributed by atoms with Crippen LogP contribution in [-0.2, 0) is 11.3 Å². The third-order valence-electron chi connectivity index (χ3n) is 5.82. The van der Waals surface area contributed by atoms with E-state index in [1.165, 1.54) is 24.9 Å². The third-order valence-corrected chi connectivity index (χ3v) is 5.82. The minimum Gasteiger partial charge on any atom is -0.373 e. The number of hydrogen-bond acceptors (Lipinski definition) is 6. The van der Waals surface area contributed by atoms with Crippen LogP contribution in [0.15, 0.2) is 28.8 Å². The van der Waals surface area contributed by atoms with Gasteiger partial charge in [-0.3, -0.25) is 9.80 Å². The fraction of sp³-hybridized carbons (Fsp3) is 0.636. The molecule has 4 rings (SSSR count). The van der Waals surface area contributed by atoms with Crippen molar-refractivity contribution in [3.05, 3.63) is 35.7 Å². The van der Waals surface area contributed by atoms with Crippen molar-refractivity contribution >= 4 is 0 Å². The van der Waals surface area contributed by atoms with Gasteiger partial charge in [0, 0.05) is 25.2 Å². The second-order valence-electron chi connectivity index (χ2n) is 8.58. The molecular formula is C22H32N4O2. The molecule has 0 radical (unpaired) electrons. The Morgan fingerprint density at radius 2 is 1.82 bits per heavy atom. The number of piperidine rings is 1. The second kappa shape index (κ2) is 8.72. The number of ether oxygens (including phenoxy) is 1. The van der Waals surface area contributed by atoms with E-state index < -0.39 is 0 Å². The van der Waals surface area contributed by atoms with E-state index in [0.29, 0.717) is 23.9 Å². The molecule has 6 nitrogen and oxygen atoms in total. The molecule has 2 fully saturated rings. The van der Waals surface area contributed by atoms with Gasteiger partial charge in [0.2, 0.25) is 11.7 Å². The maximum atomic E-state index is 5.86. The van der Waals surface area contributed by atoms with Crippen molar-refractivity contribution < 1.29 is 9.26 Å². The van der Waals surface area contributed by atoms with E-state index in [1.54, 1.807) is 0 Å². The zero-order valence-electron chi connectivity index (χ0n) is 17.3. The van der Waals surface area contributed by atoms with E-state index in [1.807, 2.05) is 12.1 Å². The van der Waals surface area contributed by atoms with E-state index in [9.17, 15) is 0 Å². The van der Waals surface area contributed by atoms with Crippen molar-refractivity contribution in [1.82, 2.24) is 19.9 Å². The molecule has 1 aromatic heterocycles. The average molecular weight is 385 g/mol. The molecule has 28 heavy (non-hydrogen) atoms. The van der Waals surface area contributed by atoms with E-state index in [2.05, 4.69) is 52.8 Å². The Kier molecular flexibility index (Phi) is 6.09. The maximum absolute atomic E-state index is 5.86. The van der Waals surface area contributed by atoms with Gasteiger partial charge in [-0.2, -0.15) is 4.98 Å². The molecule has 0 saturated carbocycles. The lowest BCUT2D eigenvalue weighted by atomic mass is 9.95. The van der Waals surface area contributed by atoms with E-state index in [0.717, 1.165) is 44.2 Å². The molecule has 2 aliphatic rings. The number of aromatic nitrogens is 2. The van der Waals surface area contributed by atoms with Crippen LogP contribution in [0.2, 0.25) is 0 Å². The van der Waals surface area contributed by atoms with E-state index in [4.69, 9.17) is 9.26 Å². The zero-order valence-corrected chi connectivity index (χ0v) is 17.3. The Morgan fingerprint density at radius 3 is 2.54 bits per heavy atom. The van der Waals surface area contributed by atoms with E-state index in [-0.39, 0.29) is 0 Å². The molecule has 2 atom stereocenters. The van der Waals surface area contributed by atoms with Crippen LogP contribution in [0.25, 0.3) is 11.4 Å². The van der Waals surface area contributed by atoms with E-state index >= 15 is 0 Å². The summed E-state index contributed by atoms with van der Waals surface area (Å²) in [6, 6.07) is 8.22. The molecule has 3 heterocycles. The highest BCUT2D eigenvalue weighted by molar-refractivity contribution is 5.55. The monoisotopic (exact) mass is 384 g/mol. The Bertz CT molecular complexity index is 759. The molecule has 0 aliphatic carbocycles. The molecule has 0 spiro atoms. The molecule has 0 unspecified atom stereocenters. The first kappa shape index (κ1) is 19.6. The molecule has 2 aromatic rings. The summed E-state index contributed by atoms with van der Waals surface area (Å²) in [5.74, 6) is 2.18. The van der Waals surface area contributed by atoms with Gasteiger partial charge in [-0.25, -0.2) is 0 Å². The number of nitrogens with zero attached hydrogens (tertiary/aromatic N) is 4. The van der Waals surface area contributed by atoms with Gasteiger partial charge in [0.15, 0.2) is 0 Å². The number of aryl methyl sites for hydroxylation is 1. The van der Waals surface area contributed by atoms with Crippen LogP contribution >= 0.6 is 0 Å². The number of morpholine rings is 1. The zero-order chi connectivity index (χ0) is 19.5. The highest BCUT2D eigenvalue weighted by atomic mass is 16.5. The number of hydrogen-bond donors (Lipinski definition) is 0. The van der Waals surface area contributed by atoms with Gasteiger partial charge >= 0.3 is 0 Å². The smallest absolute Gasteiger partial charge is 0.241 e. The molecule has 0 N–H and O–H groups in total. The van der Waals surface area contributed by atoms with Crippen LogP contribution in [-0.4, -0.2) is 64.9 Å². The summed E-state index contributed by atoms with van der Waals surface area (Å²) in [4.78, 5) is 9.63. The van der Waals surface area contributed by atoms with Gasteiger partial charge in [0.05, 0.1) is 18.8 Å². The minimum atomic E-state index is 0.351. The van der Waals surface area contributed by atoms with Crippen molar-refractivity contribution in [2.24, 2.45) is 5.92 Å². The first-order valence-corrected chi connectivity index (χ1v) is 10.5. The summed E-state index contributed by atoms with van der Waals surface area (Å²) in [5.41, 5.74) is 2.22. The first-order chi connectivity index (χ1) is 13.5. The van der Waals surface area contributed by atoms with Crippen LogP contribution in [0.3, 0.4) is 0 Å². The normalized spacial score (nSPS) is 25.2. The molecule has 2 saturated heterocycles. The van der Waals surface area contributed by atoms with Crippen molar-refractivity contribution in [3.8, 4) is 11.4 Å². The van der Waals surface area contributed by atoms with Gasteiger partial charge in [-0.1, -0.05) is 28.9 Å². The van der Waals surface area contributed by atoms with Crippen LogP contribution in [0.1, 0.15) is 38.1 Å². The largest absolute Gasteiger partial charge is 0.373 e. The molecule has 0 amide bonds. The lowest BCUT2D eigenvalue weighted by Crippen LogP contribution is -2.48. The maximum Gasteiger partial charge on any atom is 0.241 e.